The number of carbonyl (C=O) groups excluding carboxylic acids is 3. The van der Waals surface area contributed by atoms with Gasteiger partial charge in [-0.1, -0.05) is 18.2 Å². The molecule has 11 heteroatoms. The molecule has 2 aromatic carbocycles. The Labute approximate surface area is 236 Å². The summed E-state index contributed by atoms with van der Waals surface area (Å²) < 4.78 is 14.3. The predicted octanol–water partition coefficient (Wildman–Crippen LogP) is 3.22. The minimum atomic E-state index is -0.493. The van der Waals surface area contributed by atoms with Crippen molar-refractivity contribution in [2.24, 2.45) is 0 Å². The second-order valence-corrected chi connectivity index (χ2v) is 11.8. The number of likely N-dealkylation sites (N-methyl/N-ethyl adjacent to an activating group) is 1. The van der Waals surface area contributed by atoms with Gasteiger partial charge in [0.1, 0.15) is 12.4 Å². The standard InChI is InChI=1S/C29H31FN6O3S/c1-18-14-34(11-12-36(18)26(37)17-35-15-19-5-3-4-6-21(19)28(35)39)24-8-7-20(30)13-22(24)27(38)32-29-31-23-9-10-33(2)16-25(23)40-29/h3-8,13,18H,9-12,14-17H2,1-2H3,(H,31,32,38). The Balaban J connectivity index is 1.12. The minimum Gasteiger partial charge on any atom is -0.367 e. The number of piperazine rings is 1. The fourth-order valence-corrected chi connectivity index (χ4v) is 6.83. The Morgan fingerprint density at radius 2 is 1.95 bits per heavy atom. The third-order valence-electron chi connectivity index (χ3n) is 7.86. The first-order valence-corrected chi connectivity index (χ1v) is 14.3. The first-order valence-electron chi connectivity index (χ1n) is 13.5. The van der Waals surface area contributed by atoms with E-state index in [1.165, 1.54) is 23.5 Å². The van der Waals surface area contributed by atoms with E-state index in [2.05, 4.69) is 22.2 Å². The van der Waals surface area contributed by atoms with E-state index < -0.39 is 11.7 Å². The van der Waals surface area contributed by atoms with Crippen LogP contribution in [0.2, 0.25) is 0 Å². The molecule has 1 fully saturated rings. The van der Waals surface area contributed by atoms with Crippen LogP contribution in [0.1, 0.15) is 43.8 Å². The van der Waals surface area contributed by atoms with Gasteiger partial charge in [0.15, 0.2) is 5.13 Å². The van der Waals surface area contributed by atoms with E-state index in [-0.39, 0.29) is 30.0 Å². The van der Waals surface area contributed by atoms with Crippen molar-refractivity contribution in [3.8, 4) is 0 Å². The number of fused-ring (bicyclic) bond motifs is 2. The molecule has 0 bridgehead atoms. The highest BCUT2D eigenvalue weighted by molar-refractivity contribution is 7.15. The van der Waals surface area contributed by atoms with E-state index in [0.717, 1.165) is 35.6 Å². The lowest BCUT2D eigenvalue weighted by Crippen LogP contribution is -2.56. The SMILES string of the molecule is CC1CN(c2ccc(F)cc2C(=O)Nc2nc3c(s2)CN(C)CC3)CCN1C(=O)CN1Cc2ccccc2C1=O. The number of nitrogens with zero attached hydrogens (tertiary/aromatic N) is 5. The summed E-state index contributed by atoms with van der Waals surface area (Å²) in [6, 6.07) is 11.5. The van der Waals surface area contributed by atoms with Crippen molar-refractivity contribution in [2.45, 2.75) is 32.5 Å². The smallest absolute Gasteiger partial charge is 0.259 e. The largest absolute Gasteiger partial charge is 0.367 e. The van der Waals surface area contributed by atoms with Gasteiger partial charge in [-0.15, -0.1) is 11.3 Å². The summed E-state index contributed by atoms with van der Waals surface area (Å²) in [6.07, 6.45) is 0.836. The fourth-order valence-electron chi connectivity index (χ4n) is 5.75. The molecule has 40 heavy (non-hydrogen) atoms. The summed E-state index contributed by atoms with van der Waals surface area (Å²) in [5, 5.41) is 3.40. The van der Waals surface area contributed by atoms with Crippen LogP contribution in [0.4, 0.5) is 15.2 Å². The van der Waals surface area contributed by atoms with Crippen LogP contribution in [0.25, 0.3) is 0 Å². The van der Waals surface area contributed by atoms with Gasteiger partial charge in [-0.3, -0.25) is 19.7 Å². The third kappa shape index (κ3) is 5.06. The van der Waals surface area contributed by atoms with E-state index in [1.807, 2.05) is 30.0 Å². The molecule has 1 unspecified atom stereocenters. The van der Waals surface area contributed by atoms with Gasteiger partial charge in [0.25, 0.3) is 11.8 Å². The Morgan fingerprint density at radius 1 is 1.12 bits per heavy atom. The lowest BCUT2D eigenvalue weighted by molar-refractivity contribution is -0.134. The normalized spacial score (nSPS) is 19.0. The summed E-state index contributed by atoms with van der Waals surface area (Å²) >= 11 is 1.46. The summed E-state index contributed by atoms with van der Waals surface area (Å²) in [6.45, 7) is 5.51. The highest BCUT2D eigenvalue weighted by Gasteiger charge is 2.34. The molecule has 0 aliphatic carbocycles. The number of hydrogen-bond acceptors (Lipinski definition) is 7. The second kappa shape index (κ2) is 10.6. The average molecular weight is 563 g/mol. The molecule has 0 radical (unpaired) electrons. The summed E-state index contributed by atoms with van der Waals surface area (Å²) in [7, 11) is 2.05. The number of halogens is 1. The van der Waals surface area contributed by atoms with Crippen molar-refractivity contribution in [1.82, 2.24) is 19.7 Å². The van der Waals surface area contributed by atoms with Crippen LogP contribution in [0.3, 0.4) is 0 Å². The molecule has 3 aromatic rings. The van der Waals surface area contributed by atoms with E-state index in [1.54, 1.807) is 21.9 Å². The van der Waals surface area contributed by atoms with E-state index in [4.69, 9.17) is 0 Å². The van der Waals surface area contributed by atoms with Crippen LogP contribution < -0.4 is 10.2 Å². The van der Waals surface area contributed by atoms with Gasteiger partial charge in [-0.2, -0.15) is 0 Å². The van der Waals surface area contributed by atoms with Crippen LogP contribution in [0.15, 0.2) is 42.5 Å². The molecule has 4 heterocycles. The molecular formula is C29H31FN6O3S. The van der Waals surface area contributed by atoms with Crippen molar-refractivity contribution < 1.29 is 18.8 Å². The van der Waals surface area contributed by atoms with E-state index >= 15 is 0 Å². The number of aromatic nitrogens is 1. The number of benzene rings is 2. The van der Waals surface area contributed by atoms with Crippen LogP contribution in [-0.4, -0.2) is 83.2 Å². The predicted molar refractivity (Wildman–Crippen MR) is 151 cm³/mol. The highest BCUT2D eigenvalue weighted by atomic mass is 32.1. The lowest BCUT2D eigenvalue weighted by Gasteiger charge is -2.42. The molecule has 6 rings (SSSR count). The number of hydrogen-bond donors (Lipinski definition) is 1. The van der Waals surface area contributed by atoms with E-state index in [9.17, 15) is 18.8 Å². The Kier molecular flexibility index (Phi) is 7.01. The first kappa shape index (κ1) is 26.4. The summed E-state index contributed by atoms with van der Waals surface area (Å²) in [4.78, 5) is 52.6. The molecule has 1 atom stereocenters. The fraction of sp³-hybridized carbons (Fsp3) is 0.379. The maximum atomic E-state index is 14.3. The zero-order valence-corrected chi connectivity index (χ0v) is 23.3. The topological polar surface area (TPSA) is 89.1 Å². The number of nitrogens with one attached hydrogen (secondary N) is 1. The maximum Gasteiger partial charge on any atom is 0.259 e. The number of carbonyl (C=O) groups is 3. The molecule has 208 valence electrons. The zero-order chi connectivity index (χ0) is 28.0. The maximum absolute atomic E-state index is 14.3. The molecule has 9 nitrogen and oxygen atoms in total. The minimum absolute atomic E-state index is 0.0235. The number of anilines is 2. The number of thiazole rings is 1. The molecule has 0 saturated carbocycles. The molecule has 3 aliphatic heterocycles. The van der Waals surface area contributed by atoms with Crippen LogP contribution >= 0.6 is 11.3 Å². The van der Waals surface area contributed by atoms with Crippen molar-refractivity contribution in [1.29, 1.82) is 0 Å². The Morgan fingerprint density at radius 3 is 2.75 bits per heavy atom. The second-order valence-electron chi connectivity index (χ2n) is 10.7. The molecule has 1 saturated heterocycles. The molecule has 3 aliphatic rings. The van der Waals surface area contributed by atoms with Crippen molar-refractivity contribution in [2.75, 3.05) is 50.0 Å². The molecule has 0 spiro atoms. The molecule has 3 amide bonds. The van der Waals surface area contributed by atoms with Gasteiger partial charge in [-0.05, 0) is 43.8 Å². The van der Waals surface area contributed by atoms with Gasteiger partial charge in [0.2, 0.25) is 5.91 Å². The number of rotatable bonds is 5. The van der Waals surface area contributed by atoms with Gasteiger partial charge in [-0.25, -0.2) is 9.37 Å². The quantitative estimate of drug-likeness (QED) is 0.514. The van der Waals surface area contributed by atoms with Gasteiger partial charge in [0, 0.05) is 67.9 Å². The van der Waals surface area contributed by atoms with Gasteiger partial charge in [0.05, 0.1) is 11.3 Å². The van der Waals surface area contributed by atoms with Crippen LogP contribution in [-0.2, 0) is 24.3 Å². The monoisotopic (exact) mass is 562 g/mol. The summed E-state index contributed by atoms with van der Waals surface area (Å²) in [5.41, 5.74) is 3.44. The van der Waals surface area contributed by atoms with Gasteiger partial charge < -0.3 is 19.6 Å². The Hall–Kier alpha value is -3.83. The molecule has 1 N–H and O–H groups in total. The number of amides is 3. The van der Waals surface area contributed by atoms with Gasteiger partial charge >= 0.3 is 0 Å². The van der Waals surface area contributed by atoms with Crippen LogP contribution in [0.5, 0.6) is 0 Å². The van der Waals surface area contributed by atoms with Crippen molar-refractivity contribution >= 4 is 39.9 Å². The molecule has 1 aromatic heterocycles. The average Bonchev–Trinajstić information content (AvgIpc) is 3.47. The third-order valence-corrected chi connectivity index (χ3v) is 8.85. The summed E-state index contributed by atoms with van der Waals surface area (Å²) in [5.74, 6) is -1.13. The Bertz CT molecular complexity index is 1490. The highest BCUT2D eigenvalue weighted by Crippen LogP contribution is 2.30. The van der Waals surface area contributed by atoms with Crippen LogP contribution in [0, 0.1) is 5.82 Å². The zero-order valence-electron chi connectivity index (χ0n) is 22.5. The van der Waals surface area contributed by atoms with E-state index in [0.29, 0.717) is 42.6 Å². The lowest BCUT2D eigenvalue weighted by atomic mass is 10.1. The first-order chi connectivity index (χ1) is 19.3. The molecular weight excluding hydrogens is 531 g/mol. The van der Waals surface area contributed by atoms with Crippen molar-refractivity contribution in [3.05, 3.63) is 75.5 Å². The van der Waals surface area contributed by atoms with Crippen molar-refractivity contribution in [3.63, 3.8) is 0 Å².